The minimum absolute atomic E-state index is 0.0795. The van der Waals surface area contributed by atoms with E-state index >= 15 is 0 Å². The fourth-order valence-electron chi connectivity index (χ4n) is 1.47. The Morgan fingerprint density at radius 1 is 1.39 bits per heavy atom. The molecule has 7 heteroatoms. The first-order valence-electron chi connectivity index (χ1n) is 5.52. The molecule has 0 atom stereocenters. The van der Waals surface area contributed by atoms with Crippen molar-refractivity contribution < 1.29 is 18.3 Å². The van der Waals surface area contributed by atoms with E-state index in [-0.39, 0.29) is 31.3 Å². The molecule has 0 aliphatic carbocycles. The fourth-order valence-corrected chi connectivity index (χ4v) is 2.70. The first kappa shape index (κ1) is 14.9. The van der Waals surface area contributed by atoms with E-state index in [0.717, 1.165) is 0 Å². The van der Waals surface area contributed by atoms with E-state index in [0.29, 0.717) is 11.3 Å². The van der Waals surface area contributed by atoms with Gasteiger partial charge in [0.05, 0.1) is 24.7 Å². The predicted octanol–water partition coefficient (Wildman–Crippen LogP) is -0.136. The van der Waals surface area contributed by atoms with Gasteiger partial charge in [-0.15, -0.1) is 0 Å². The summed E-state index contributed by atoms with van der Waals surface area (Å²) in [6.07, 6.45) is 0. The first-order chi connectivity index (χ1) is 8.47. The number of anilines is 1. The van der Waals surface area contributed by atoms with Gasteiger partial charge in [0.25, 0.3) is 0 Å². The van der Waals surface area contributed by atoms with Gasteiger partial charge in [-0.05, 0) is 30.7 Å². The van der Waals surface area contributed by atoms with Crippen LogP contribution in [0.25, 0.3) is 0 Å². The largest absolute Gasteiger partial charge is 0.399 e. The zero-order chi connectivity index (χ0) is 13.6. The lowest BCUT2D eigenvalue weighted by molar-refractivity contribution is 0.0961. The fraction of sp³-hybridized carbons (Fsp3) is 0.455. The highest BCUT2D eigenvalue weighted by Crippen LogP contribution is 2.17. The van der Waals surface area contributed by atoms with E-state index < -0.39 is 10.0 Å². The van der Waals surface area contributed by atoms with E-state index in [2.05, 4.69) is 4.72 Å². The van der Waals surface area contributed by atoms with Crippen molar-refractivity contribution in [1.82, 2.24) is 4.72 Å². The van der Waals surface area contributed by atoms with Gasteiger partial charge in [-0.3, -0.25) is 0 Å². The highest BCUT2D eigenvalue weighted by atomic mass is 32.2. The van der Waals surface area contributed by atoms with E-state index in [1.54, 1.807) is 19.1 Å². The summed E-state index contributed by atoms with van der Waals surface area (Å²) >= 11 is 0. The van der Waals surface area contributed by atoms with Crippen LogP contribution in [0.1, 0.15) is 5.56 Å². The number of aliphatic hydroxyl groups excluding tert-OH is 1. The van der Waals surface area contributed by atoms with E-state index in [1.165, 1.54) is 6.07 Å². The Hall–Kier alpha value is -1.15. The second kappa shape index (κ2) is 6.69. The molecule has 18 heavy (non-hydrogen) atoms. The topological polar surface area (TPSA) is 102 Å². The molecular weight excluding hydrogens is 256 g/mol. The van der Waals surface area contributed by atoms with Crippen LogP contribution in [0.3, 0.4) is 0 Å². The Morgan fingerprint density at radius 3 is 2.72 bits per heavy atom. The van der Waals surface area contributed by atoms with Crippen molar-refractivity contribution in [2.24, 2.45) is 0 Å². The Bertz CT molecular complexity index is 488. The number of hydrogen-bond acceptors (Lipinski definition) is 5. The van der Waals surface area contributed by atoms with Gasteiger partial charge in [0.15, 0.2) is 0 Å². The second-order valence-corrected chi connectivity index (χ2v) is 5.49. The van der Waals surface area contributed by atoms with Crippen LogP contribution in [0, 0.1) is 6.92 Å². The monoisotopic (exact) mass is 274 g/mol. The van der Waals surface area contributed by atoms with Crippen LogP contribution in [0.4, 0.5) is 5.69 Å². The van der Waals surface area contributed by atoms with Gasteiger partial charge < -0.3 is 15.6 Å². The molecule has 0 heterocycles. The summed E-state index contributed by atoms with van der Waals surface area (Å²) in [5.41, 5.74) is 6.69. The number of nitrogens with one attached hydrogen (secondary N) is 1. The third kappa shape index (κ3) is 4.26. The highest BCUT2D eigenvalue weighted by Gasteiger charge is 2.15. The number of sulfonamides is 1. The smallest absolute Gasteiger partial charge is 0.240 e. The summed E-state index contributed by atoms with van der Waals surface area (Å²) in [6.45, 7) is 2.18. The molecule has 0 aliphatic heterocycles. The zero-order valence-corrected chi connectivity index (χ0v) is 11.0. The Morgan fingerprint density at radius 2 is 2.11 bits per heavy atom. The molecular formula is C11H18N2O4S. The first-order valence-corrected chi connectivity index (χ1v) is 7.00. The summed E-state index contributed by atoms with van der Waals surface area (Å²) < 4.78 is 31.3. The standard InChI is InChI=1S/C11H18N2O4S/c1-9-8-10(12)2-3-11(9)18(15,16)13-4-6-17-7-5-14/h2-3,8,13-14H,4-7,12H2,1H3. The molecule has 1 aromatic carbocycles. The van der Waals surface area contributed by atoms with Gasteiger partial charge in [0, 0.05) is 12.2 Å². The van der Waals surface area contributed by atoms with Crippen LogP contribution >= 0.6 is 0 Å². The van der Waals surface area contributed by atoms with Crippen molar-refractivity contribution in [3.63, 3.8) is 0 Å². The SMILES string of the molecule is Cc1cc(N)ccc1S(=O)(=O)NCCOCCO. The molecule has 4 N–H and O–H groups in total. The third-order valence-electron chi connectivity index (χ3n) is 2.26. The number of benzene rings is 1. The third-order valence-corrected chi connectivity index (χ3v) is 3.88. The average Bonchev–Trinajstić information content (AvgIpc) is 2.28. The summed E-state index contributed by atoms with van der Waals surface area (Å²) in [5, 5.41) is 8.49. The average molecular weight is 274 g/mol. The maximum atomic E-state index is 11.9. The molecule has 0 fully saturated rings. The molecule has 0 aliphatic rings. The minimum Gasteiger partial charge on any atom is -0.399 e. The van der Waals surface area contributed by atoms with Crippen LogP contribution in [0.2, 0.25) is 0 Å². The summed E-state index contributed by atoms with van der Waals surface area (Å²) in [6, 6.07) is 4.63. The maximum absolute atomic E-state index is 11.9. The van der Waals surface area contributed by atoms with Crippen molar-refractivity contribution in [1.29, 1.82) is 0 Å². The molecule has 1 rings (SSSR count). The van der Waals surface area contributed by atoms with Gasteiger partial charge in [-0.25, -0.2) is 13.1 Å². The van der Waals surface area contributed by atoms with Gasteiger partial charge in [0.1, 0.15) is 0 Å². The van der Waals surface area contributed by atoms with Crippen LogP contribution < -0.4 is 10.5 Å². The van der Waals surface area contributed by atoms with Crippen LogP contribution in [0.5, 0.6) is 0 Å². The van der Waals surface area contributed by atoms with Gasteiger partial charge in [-0.1, -0.05) is 0 Å². The normalized spacial score (nSPS) is 11.7. The number of aryl methyl sites for hydroxylation is 1. The van der Waals surface area contributed by atoms with Crippen LogP contribution in [-0.2, 0) is 14.8 Å². The molecule has 0 radical (unpaired) electrons. The lowest BCUT2D eigenvalue weighted by Crippen LogP contribution is -2.28. The molecule has 0 bridgehead atoms. The zero-order valence-electron chi connectivity index (χ0n) is 10.2. The van der Waals surface area contributed by atoms with E-state index in [9.17, 15) is 8.42 Å². The molecule has 0 saturated carbocycles. The number of nitrogens with two attached hydrogens (primary N) is 1. The Balaban J connectivity index is 2.63. The molecule has 1 aromatic rings. The molecule has 0 aromatic heterocycles. The van der Waals surface area contributed by atoms with Crippen molar-refractivity contribution in [3.05, 3.63) is 23.8 Å². The maximum Gasteiger partial charge on any atom is 0.240 e. The molecule has 0 spiro atoms. The highest BCUT2D eigenvalue weighted by molar-refractivity contribution is 7.89. The van der Waals surface area contributed by atoms with Crippen molar-refractivity contribution in [2.75, 3.05) is 32.1 Å². The summed E-state index contributed by atoms with van der Waals surface area (Å²) in [5.74, 6) is 0. The van der Waals surface area contributed by atoms with Crippen LogP contribution in [-0.4, -0.2) is 39.9 Å². The lowest BCUT2D eigenvalue weighted by Gasteiger charge is -2.09. The van der Waals surface area contributed by atoms with E-state index in [1.807, 2.05) is 0 Å². The van der Waals surface area contributed by atoms with Crippen molar-refractivity contribution in [2.45, 2.75) is 11.8 Å². The number of nitrogen functional groups attached to an aromatic ring is 1. The molecule has 0 unspecified atom stereocenters. The Kier molecular flexibility index (Phi) is 5.54. The number of aliphatic hydroxyl groups is 1. The quantitative estimate of drug-likeness (QED) is 0.474. The van der Waals surface area contributed by atoms with Gasteiger partial charge in [0.2, 0.25) is 10.0 Å². The minimum atomic E-state index is -3.54. The predicted molar refractivity (Wildman–Crippen MR) is 68.7 cm³/mol. The van der Waals surface area contributed by atoms with E-state index in [4.69, 9.17) is 15.6 Å². The Labute approximate surface area is 107 Å². The molecule has 0 amide bonds. The number of rotatable bonds is 7. The van der Waals surface area contributed by atoms with Crippen molar-refractivity contribution >= 4 is 15.7 Å². The molecule has 0 saturated heterocycles. The van der Waals surface area contributed by atoms with Crippen molar-refractivity contribution in [3.8, 4) is 0 Å². The van der Waals surface area contributed by atoms with Gasteiger partial charge in [-0.2, -0.15) is 0 Å². The lowest BCUT2D eigenvalue weighted by atomic mass is 10.2. The summed E-state index contributed by atoms with van der Waals surface area (Å²) in [4.78, 5) is 0.207. The number of ether oxygens (including phenoxy) is 1. The second-order valence-electron chi connectivity index (χ2n) is 3.76. The summed E-state index contributed by atoms with van der Waals surface area (Å²) in [7, 11) is -3.54. The number of hydrogen-bond donors (Lipinski definition) is 3. The molecule has 6 nitrogen and oxygen atoms in total. The molecule has 102 valence electrons. The van der Waals surface area contributed by atoms with Crippen LogP contribution in [0.15, 0.2) is 23.1 Å². The van der Waals surface area contributed by atoms with Gasteiger partial charge >= 0.3 is 0 Å².